The van der Waals surface area contributed by atoms with Crippen LogP contribution in [0, 0.1) is 17.8 Å². The minimum Gasteiger partial charge on any atom is -0.382 e. The van der Waals surface area contributed by atoms with Gasteiger partial charge in [0.15, 0.2) is 0 Å². The lowest BCUT2D eigenvalue weighted by molar-refractivity contribution is 0.282. The van der Waals surface area contributed by atoms with Gasteiger partial charge in [-0.2, -0.15) is 0 Å². The fourth-order valence-corrected chi connectivity index (χ4v) is 3.94. The minimum atomic E-state index is 0.404. The molecule has 0 heterocycles. The van der Waals surface area contributed by atoms with Gasteiger partial charge in [0.1, 0.15) is 0 Å². The molecule has 2 nitrogen and oxygen atoms in total. The molecular weight excluding hydrogens is 532 g/mol. The van der Waals surface area contributed by atoms with Crippen LogP contribution in [-0.2, 0) is 6.54 Å². The van der Waals surface area contributed by atoms with Gasteiger partial charge in [-0.05, 0) is 74.6 Å². The Morgan fingerprint density at radius 2 is 1.45 bits per heavy atom. The third kappa shape index (κ3) is 25.6. The second-order valence-corrected chi connectivity index (χ2v) is 10.7. The molecule has 2 heteroatoms. The predicted octanol–water partition coefficient (Wildman–Crippen LogP) is 12.8. The average Bonchev–Trinajstić information content (AvgIpc) is 3.05. The summed E-state index contributed by atoms with van der Waals surface area (Å²) in [6.07, 6.45) is 10.1. The lowest BCUT2D eigenvalue weighted by Gasteiger charge is -2.27. The normalized spacial score (nSPS) is 11.7. The molecule has 0 aliphatic rings. The quantitative estimate of drug-likeness (QED) is 0.149. The number of hydrogen-bond donors (Lipinski definition) is 1. The van der Waals surface area contributed by atoms with Gasteiger partial charge >= 0.3 is 0 Å². The molecule has 252 valence electrons. The van der Waals surface area contributed by atoms with E-state index in [9.17, 15) is 0 Å². The Hall–Kier alpha value is -2.84. The highest BCUT2D eigenvalue weighted by Crippen LogP contribution is 2.23. The van der Waals surface area contributed by atoms with E-state index in [4.69, 9.17) is 0 Å². The van der Waals surface area contributed by atoms with E-state index in [1.165, 1.54) is 28.7 Å². The van der Waals surface area contributed by atoms with Crippen LogP contribution in [0.15, 0.2) is 116 Å². The summed E-state index contributed by atoms with van der Waals surface area (Å²) in [6.45, 7) is 50.9. The molecule has 1 N–H and O–H groups in total. The van der Waals surface area contributed by atoms with E-state index in [1.54, 1.807) is 0 Å². The molecule has 0 aromatic heterocycles. The number of benzene rings is 1. The summed E-state index contributed by atoms with van der Waals surface area (Å²) in [6, 6.07) is 10.7. The van der Waals surface area contributed by atoms with E-state index in [2.05, 4.69) is 115 Å². The summed E-state index contributed by atoms with van der Waals surface area (Å²) < 4.78 is 0. The molecule has 0 fully saturated rings. The second kappa shape index (κ2) is 33.1. The standard InChI is InChI=1S/C18H29N.C11H19N.C9H14.2C2H6/c1-6-18(15(3)4)16(5)13-19(7-2)14-17-11-9-8-10-12-17;1-6-9(3)8-12-11(5)10(4)7-2;1-5-7-9(4)8(3)6-2;2*1-2/h8-12,15,18H,5-7,13-14H2,1-4H3;7,12H,3,5-6,8H2,1-2,4H3;5-8H,2,4H2,1,3H3;2*1-2H3/b;10-7+;7-5-;;. The Morgan fingerprint density at radius 3 is 1.84 bits per heavy atom. The van der Waals surface area contributed by atoms with E-state index >= 15 is 0 Å². The predicted molar refractivity (Wildman–Crippen MR) is 207 cm³/mol. The largest absolute Gasteiger partial charge is 0.382 e. The first-order valence-electron chi connectivity index (χ1n) is 17.0. The Labute approximate surface area is 277 Å². The van der Waals surface area contributed by atoms with Gasteiger partial charge in [0, 0.05) is 25.3 Å². The molecule has 0 aliphatic carbocycles. The van der Waals surface area contributed by atoms with Crippen molar-refractivity contribution in [3.8, 4) is 0 Å². The van der Waals surface area contributed by atoms with Crippen molar-refractivity contribution in [1.29, 1.82) is 0 Å². The molecule has 1 aromatic carbocycles. The van der Waals surface area contributed by atoms with Crippen molar-refractivity contribution in [2.75, 3.05) is 19.6 Å². The van der Waals surface area contributed by atoms with Crippen molar-refractivity contribution in [1.82, 2.24) is 10.2 Å². The van der Waals surface area contributed by atoms with Gasteiger partial charge in [-0.3, -0.25) is 4.90 Å². The van der Waals surface area contributed by atoms with Crippen LogP contribution >= 0.6 is 0 Å². The molecule has 44 heavy (non-hydrogen) atoms. The molecule has 0 saturated carbocycles. The van der Waals surface area contributed by atoms with Crippen molar-refractivity contribution in [3.05, 3.63) is 121 Å². The van der Waals surface area contributed by atoms with Gasteiger partial charge in [-0.1, -0.05) is 161 Å². The molecule has 0 spiro atoms. The van der Waals surface area contributed by atoms with Gasteiger partial charge < -0.3 is 5.32 Å². The zero-order chi connectivity index (χ0) is 35.1. The number of hydrogen-bond acceptors (Lipinski definition) is 2. The van der Waals surface area contributed by atoms with E-state index in [-0.39, 0.29) is 0 Å². The molecular formula is C42H74N2. The topological polar surface area (TPSA) is 15.3 Å². The van der Waals surface area contributed by atoms with Crippen molar-refractivity contribution < 1.29 is 0 Å². The summed E-state index contributed by atoms with van der Waals surface area (Å²) in [5.74, 6) is 1.74. The van der Waals surface area contributed by atoms with Crippen molar-refractivity contribution in [2.24, 2.45) is 17.8 Å². The minimum absolute atomic E-state index is 0.404. The van der Waals surface area contributed by atoms with E-state index < -0.39 is 0 Å². The van der Waals surface area contributed by atoms with E-state index in [0.29, 0.717) is 17.8 Å². The molecule has 0 radical (unpaired) electrons. The smallest absolute Gasteiger partial charge is 0.0357 e. The van der Waals surface area contributed by atoms with Gasteiger partial charge in [-0.25, -0.2) is 0 Å². The number of rotatable bonds is 16. The van der Waals surface area contributed by atoms with Crippen LogP contribution in [0.1, 0.15) is 108 Å². The molecule has 0 saturated heterocycles. The molecule has 0 aliphatic heterocycles. The number of nitrogens with one attached hydrogen (secondary N) is 1. The number of likely N-dealkylation sites (N-methyl/N-ethyl adjacent to an activating group) is 1. The van der Waals surface area contributed by atoms with Crippen LogP contribution < -0.4 is 5.32 Å². The van der Waals surface area contributed by atoms with Crippen LogP contribution in [0.25, 0.3) is 0 Å². The summed E-state index contributed by atoms with van der Waals surface area (Å²) in [7, 11) is 0. The zero-order valence-corrected chi connectivity index (χ0v) is 31.7. The third-order valence-corrected chi connectivity index (χ3v) is 7.17. The number of allylic oxidation sites excluding steroid dienone is 6. The first-order valence-corrected chi connectivity index (χ1v) is 17.0. The maximum Gasteiger partial charge on any atom is 0.0357 e. The lowest BCUT2D eigenvalue weighted by Crippen LogP contribution is -2.28. The maximum absolute atomic E-state index is 4.33. The molecule has 1 aromatic rings. The average molecular weight is 607 g/mol. The van der Waals surface area contributed by atoms with Crippen LogP contribution in [0.4, 0.5) is 0 Å². The van der Waals surface area contributed by atoms with Gasteiger partial charge in [0.2, 0.25) is 0 Å². The first kappa shape index (κ1) is 48.1. The highest BCUT2D eigenvalue weighted by molar-refractivity contribution is 5.24. The van der Waals surface area contributed by atoms with E-state index in [1.807, 2.05) is 72.8 Å². The highest BCUT2D eigenvalue weighted by atomic mass is 15.1. The summed E-state index contributed by atoms with van der Waals surface area (Å²) >= 11 is 0. The summed E-state index contributed by atoms with van der Waals surface area (Å²) in [5.41, 5.74) is 7.28. The van der Waals surface area contributed by atoms with Gasteiger partial charge in [0.05, 0.1) is 0 Å². The van der Waals surface area contributed by atoms with Gasteiger partial charge in [0.25, 0.3) is 0 Å². The van der Waals surface area contributed by atoms with Crippen molar-refractivity contribution in [3.63, 3.8) is 0 Å². The van der Waals surface area contributed by atoms with Crippen LogP contribution in [-0.4, -0.2) is 24.5 Å². The third-order valence-electron chi connectivity index (χ3n) is 7.17. The molecule has 2 unspecified atom stereocenters. The fourth-order valence-electron chi connectivity index (χ4n) is 3.94. The zero-order valence-electron chi connectivity index (χ0n) is 31.7. The van der Waals surface area contributed by atoms with Gasteiger partial charge in [-0.15, -0.1) is 6.58 Å². The SMILES string of the molecule is C=C(CC)CNC(=C)/C(C)=C/C.C=C(CN(CC)Cc1ccccc1)C(CC)C(C)C.C=CC(C)C(=C)/C=C\C.CC.CC. The fraction of sp³-hybridized carbons (Fsp3) is 0.524. The summed E-state index contributed by atoms with van der Waals surface area (Å²) in [5, 5.41) is 3.22. The monoisotopic (exact) mass is 607 g/mol. The molecule has 0 amide bonds. The summed E-state index contributed by atoms with van der Waals surface area (Å²) in [4.78, 5) is 2.47. The van der Waals surface area contributed by atoms with Crippen LogP contribution in [0.2, 0.25) is 0 Å². The molecule has 1 rings (SSSR count). The number of nitrogens with zero attached hydrogens (tertiary/aromatic N) is 1. The molecule has 0 bridgehead atoms. The highest BCUT2D eigenvalue weighted by Gasteiger charge is 2.16. The Balaban J connectivity index is -0.000000276. The first-order chi connectivity index (χ1) is 20.9. The van der Waals surface area contributed by atoms with Crippen molar-refractivity contribution in [2.45, 2.75) is 109 Å². The van der Waals surface area contributed by atoms with Crippen LogP contribution in [0.3, 0.4) is 0 Å². The Kier molecular flexibility index (Phi) is 36.1. The molecule has 2 atom stereocenters. The Morgan fingerprint density at radius 1 is 0.909 bits per heavy atom. The lowest BCUT2D eigenvalue weighted by atomic mass is 9.86. The Bertz CT molecular complexity index is 930. The van der Waals surface area contributed by atoms with Crippen LogP contribution in [0.5, 0.6) is 0 Å². The van der Waals surface area contributed by atoms with Crippen molar-refractivity contribution >= 4 is 0 Å². The second-order valence-electron chi connectivity index (χ2n) is 10.7. The van der Waals surface area contributed by atoms with E-state index in [0.717, 1.165) is 43.9 Å². The maximum atomic E-state index is 4.33.